The summed E-state index contributed by atoms with van der Waals surface area (Å²) >= 11 is 0. The summed E-state index contributed by atoms with van der Waals surface area (Å²) in [4.78, 5) is 13.8. The summed E-state index contributed by atoms with van der Waals surface area (Å²) in [5.41, 5.74) is 0.130. The van der Waals surface area contributed by atoms with Crippen molar-refractivity contribution in [1.29, 1.82) is 0 Å². The third-order valence-corrected chi connectivity index (χ3v) is 3.28. The number of hydrogen-bond acceptors (Lipinski definition) is 1. The molecule has 0 aromatic carbocycles. The summed E-state index contributed by atoms with van der Waals surface area (Å²) in [6, 6.07) is 0.323. The van der Waals surface area contributed by atoms with Crippen molar-refractivity contribution < 1.29 is 4.79 Å². The van der Waals surface area contributed by atoms with Crippen LogP contribution in [-0.2, 0) is 0 Å². The first-order valence-electron chi connectivity index (χ1n) is 5.96. The Labute approximate surface area is 93.2 Å². The van der Waals surface area contributed by atoms with Gasteiger partial charge >= 0.3 is 6.03 Å². The molecule has 1 unspecified atom stereocenters. The van der Waals surface area contributed by atoms with Crippen molar-refractivity contribution in [3.8, 4) is 0 Å². The van der Waals surface area contributed by atoms with Crippen molar-refractivity contribution in [1.82, 2.24) is 10.2 Å². The second kappa shape index (κ2) is 4.86. The van der Waals surface area contributed by atoms with Gasteiger partial charge in [-0.25, -0.2) is 4.79 Å². The summed E-state index contributed by atoms with van der Waals surface area (Å²) in [6.45, 7) is 10.4. The zero-order valence-corrected chi connectivity index (χ0v) is 10.5. The maximum absolute atomic E-state index is 11.9. The van der Waals surface area contributed by atoms with E-state index in [1.807, 2.05) is 4.90 Å². The van der Waals surface area contributed by atoms with Crippen molar-refractivity contribution >= 4 is 6.03 Å². The van der Waals surface area contributed by atoms with E-state index >= 15 is 0 Å². The monoisotopic (exact) mass is 212 g/mol. The van der Waals surface area contributed by atoms with Crippen molar-refractivity contribution in [2.75, 3.05) is 13.1 Å². The zero-order chi connectivity index (χ0) is 11.5. The van der Waals surface area contributed by atoms with Gasteiger partial charge in [-0.2, -0.15) is 0 Å². The van der Waals surface area contributed by atoms with E-state index < -0.39 is 0 Å². The molecule has 3 heteroatoms. The van der Waals surface area contributed by atoms with Crippen molar-refractivity contribution in [3.05, 3.63) is 0 Å². The van der Waals surface area contributed by atoms with Crippen molar-refractivity contribution in [3.63, 3.8) is 0 Å². The van der Waals surface area contributed by atoms with E-state index in [1.165, 1.54) is 6.42 Å². The van der Waals surface area contributed by atoms with Gasteiger partial charge in [0.2, 0.25) is 0 Å². The van der Waals surface area contributed by atoms with E-state index in [4.69, 9.17) is 0 Å². The number of nitrogens with zero attached hydrogens (tertiary/aromatic N) is 1. The number of urea groups is 1. The summed E-state index contributed by atoms with van der Waals surface area (Å²) in [5.74, 6) is 0. The second-order valence-electron chi connectivity index (χ2n) is 5.58. The molecule has 15 heavy (non-hydrogen) atoms. The lowest BCUT2D eigenvalue weighted by Crippen LogP contribution is -2.49. The molecule has 0 aromatic rings. The molecule has 1 saturated heterocycles. The molecule has 0 spiro atoms. The fourth-order valence-corrected chi connectivity index (χ4v) is 1.59. The van der Waals surface area contributed by atoms with E-state index in [9.17, 15) is 4.79 Å². The van der Waals surface area contributed by atoms with E-state index in [-0.39, 0.29) is 17.5 Å². The van der Waals surface area contributed by atoms with Crippen LogP contribution in [-0.4, -0.2) is 30.1 Å². The number of nitrogens with one attached hydrogen (secondary N) is 1. The van der Waals surface area contributed by atoms with Crippen LogP contribution >= 0.6 is 0 Å². The highest BCUT2D eigenvalue weighted by Gasteiger charge is 2.24. The first-order valence-corrected chi connectivity index (χ1v) is 5.96. The average molecular weight is 212 g/mol. The van der Waals surface area contributed by atoms with Crippen LogP contribution in [0, 0.1) is 5.41 Å². The lowest BCUT2D eigenvalue weighted by Gasteiger charge is -2.33. The molecule has 1 aliphatic heterocycles. The second-order valence-corrected chi connectivity index (χ2v) is 5.58. The number of rotatable bonds is 1. The molecule has 1 fully saturated rings. The average Bonchev–Trinajstić information content (AvgIpc) is 2.17. The number of piperidine rings is 1. The van der Waals surface area contributed by atoms with Gasteiger partial charge in [-0.1, -0.05) is 20.8 Å². The largest absolute Gasteiger partial charge is 0.335 e. The zero-order valence-electron chi connectivity index (χ0n) is 10.5. The molecule has 1 aliphatic rings. The Bertz CT molecular complexity index is 214. The maximum atomic E-state index is 11.9. The molecule has 0 bridgehead atoms. The quantitative estimate of drug-likeness (QED) is 0.712. The minimum Gasteiger partial charge on any atom is -0.335 e. The van der Waals surface area contributed by atoms with Gasteiger partial charge in [0, 0.05) is 19.1 Å². The molecule has 0 aromatic heterocycles. The predicted octanol–water partition coefficient (Wildman–Crippen LogP) is 2.62. The molecular weight excluding hydrogens is 188 g/mol. The third-order valence-electron chi connectivity index (χ3n) is 3.28. The number of hydrogen-bond donors (Lipinski definition) is 1. The number of carbonyl (C=O) groups excluding carboxylic acids is 1. The lowest BCUT2D eigenvalue weighted by atomic mass is 9.88. The summed E-state index contributed by atoms with van der Waals surface area (Å²) in [7, 11) is 0. The van der Waals surface area contributed by atoms with Crippen molar-refractivity contribution in [2.24, 2.45) is 5.41 Å². The van der Waals surface area contributed by atoms with Crippen LogP contribution < -0.4 is 5.32 Å². The smallest absolute Gasteiger partial charge is 0.317 e. The van der Waals surface area contributed by atoms with E-state index in [2.05, 4.69) is 33.0 Å². The Kier molecular flexibility index (Phi) is 4.00. The SMILES string of the molecule is CC(NC(=O)N1CCCCC1)C(C)(C)C. The van der Waals surface area contributed by atoms with Crippen LogP contribution in [0.1, 0.15) is 47.0 Å². The summed E-state index contributed by atoms with van der Waals surface area (Å²) in [6.07, 6.45) is 3.56. The normalized spacial score (nSPS) is 19.9. The first kappa shape index (κ1) is 12.3. The van der Waals surface area contributed by atoms with Crippen LogP contribution in [0.2, 0.25) is 0 Å². The summed E-state index contributed by atoms with van der Waals surface area (Å²) in [5, 5.41) is 3.08. The van der Waals surface area contributed by atoms with Crippen LogP contribution in [0.15, 0.2) is 0 Å². The molecular formula is C12H24N2O. The molecule has 1 atom stereocenters. The van der Waals surface area contributed by atoms with Gasteiger partial charge in [0.25, 0.3) is 0 Å². The Morgan fingerprint density at radius 1 is 1.20 bits per heavy atom. The van der Waals surface area contributed by atoms with Gasteiger partial charge in [0.15, 0.2) is 0 Å². The van der Waals surface area contributed by atoms with Gasteiger partial charge in [0.05, 0.1) is 0 Å². The van der Waals surface area contributed by atoms with E-state index in [1.54, 1.807) is 0 Å². The first-order chi connectivity index (χ1) is 6.91. The van der Waals surface area contributed by atoms with Crippen LogP contribution in [0.4, 0.5) is 4.79 Å². The van der Waals surface area contributed by atoms with Gasteiger partial charge in [-0.05, 0) is 31.6 Å². The van der Waals surface area contributed by atoms with E-state index in [0.717, 1.165) is 25.9 Å². The fraction of sp³-hybridized carbons (Fsp3) is 0.917. The highest BCUT2D eigenvalue weighted by atomic mass is 16.2. The van der Waals surface area contributed by atoms with Gasteiger partial charge in [-0.3, -0.25) is 0 Å². The molecule has 1 heterocycles. The highest BCUT2D eigenvalue weighted by Crippen LogP contribution is 2.19. The van der Waals surface area contributed by atoms with Crippen molar-refractivity contribution in [2.45, 2.75) is 53.0 Å². The molecule has 0 radical (unpaired) electrons. The number of likely N-dealkylation sites (tertiary alicyclic amines) is 1. The lowest BCUT2D eigenvalue weighted by molar-refractivity contribution is 0.172. The number of amides is 2. The molecule has 0 aliphatic carbocycles. The van der Waals surface area contributed by atoms with Crippen LogP contribution in [0.5, 0.6) is 0 Å². The highest BCUT2D eigenvalue weighted by molar-refractivity contribution is 5.74. The molecule has 1 N–H and O–H groups in total. The molecule has 88 valence electrons. The van der Waals surface area contributed by atoms with Crippen LogP contribution in [0.3, 0.4) is 0 Å². The number of carbonyl (C=O) groups is 1. The van der Waals surface area contributed by atoms with Gasteiger partial charge in [0.1, 0.15) is 0 Å². The Balaban J connectivity index is 2.40. The summed E-state index contributed by atoms with van der Waals surface area (Å²) < 4.78 is 0. The molecule has 3 nitrogen and oxygen atoms in total. The standard InChI is InChI=1S/C12H24N2O/c1-10(12(2,3)4)13-11(15)14-8-6-5-7-9-14/h10H,5-9H2,1-4H3,(H,13,15). The van der Waals surface area contributed by atoms with E-state index in [0.29, 0.717) is 0 Å². The fourth-order valence-electron chi connectivity index (χ4n) is 1.59. The maximum Gasteiger partial charge on any atom is 0.317 e. The molecule has 2 amide bonds. The van der Waals surface area contributed by atoms with Gasteiger partial charge in [-0.15, -0.1) is 0 Å². The minimum absolute atomic E-state index is 0.108. The van der Waals surface area contributed by atoms with Gasteiger partial charge < -0.3 is 10.2 Å². The molecule has 1 rings (SSSR count). The predicted molar refractivity (Wildman–Crippen MR) is 62.9 cm³/mol. The Morgan fingerprint density at radius 2 is 1.73 bits per heavy atom. The Hall–Kier alpha value is -0.730. The Morgan fingerprint density at radius 3 is 2.20 bits per heavy atom. The van der Waals surface area contributed by atoms with Crippen LogP contribution in [0.25, 0.3) is 0 Å². The third kappa shape index (κ3) is 3.73. The topological polar surface area (TPSA) is 32.3 Å². The molecule has 0 saturated carbocycles. The minimum atomic E-state index is 0.108.